The summed E-state index contributed by atoms with van der Waals surface area (Å²) in [6.45, 7) is 1.99. The van der Waals surface area contributed by atoms with Gasteiger partial charge in [-0.15, -0.1) is 0 Å². The Morgan fingerprint density at radius 2 is 1.35 bits per heavy atom. The summed E-state index contributed by atoms with van der Waals surface area (Å²) in [4.78, 5) is 0. The van der Waals surface area contributed by atoms with Crippen molar-refractivity contribution in [1.29, 1.82) is 0 Å². The summed E-state index contributed by atoms with van der Waals surface area (Å²) in [6.07, 6.45) is 0. The van der Waals surface area contributed by atoms with Gasteiger partial charge < -0.3 is 0 Å². The van der Waals surface area contributed by atoms with Gasteiger partial charge in [0.15, 0.2) is 0 Å². The van der Waals surface area contributed by atoms with Crippen molar-refractivity contribution >= 4 is 46.4 Å². The molecule has 0 bridgehead atoms. The Morgan fingerprint density at radius 1 is 0.706 bits per heavy atom. The van der Waals surface area contributed by atoms with E-state index in [2.05, 4.69) is 0 Å². The molecule has 2 rings (SSSR count). The minimum Gasteiger partial charge on any atom is -0.0843 e. The normalized spacial score (nSPS) is 10.6. The van der Waals surface area contributed by atoms with Crippen LogP contribution in [-0.2, 0) is 0 Å². The Labute approximate surface area is 120 Å². The van der Waals surface area contributed by atoms with Crippen molar-refractivity contribution in [2.45, 2.75) is 6.92 Å². The first-order chi connectivity index (χ1) is 7.99. The molecule has 2 aromatic rings. The molecule has 0 amide bonds. The van der Waals surface area contributed by atoms with Crippen molar-refractivity contribution in [2.24, 2.45) is 0 Å². The third-order valence-corrected chi connectivity index (χ3v) is 3.77. The van der Waals surface area contributed by atoms with Crippen LogP contribution in [0.4, 0.5) is 0 Å². The molecular weight excluding hydrogens is 298 g/mol. The number of benzene rings is 2. The monoisotopic (exact) mass is 304 g/mol. The number of halogens is 4. The minimum atomic E-state index is 0.445. The number of rotatable bonds is 1. The van der Waals surface area contributed by atoms with Gasteiger partial charge in [0.2, 0.25) is 0 Å². The fourth-order valence-corrected chi connectivity index (χ4v) is 2.43. The second-order valence-corrected chi connectivity index (χ2v) is 5.36. The average Bonchev–Trinajstić information content (AvgIpc) is 2.27. The molecule has 2 aromatic carbocycles. The smallest absolute Gasteiger partial charge is 0.0607 e. The van der Waals surface area contributed by atoms with E-state index in [0.29, 0.717) is 20.1 Å². The third-order valence-electron chi connectivity index (χ3n) is 2.50. The van der Waals surface area contributed by atoms with E-state index in [1.165, 1.54) is 0 Å². The molecule has 4 heteroatoms. The molecule has 0 unspecified atom stereocenters. The molecule has 0 saturated carbocycles. The molecule has 0 aromatic heterocycles. The standard InChI is InChI=1S/C13H8Cl4/c1-7-2-3-8(14)4-9(7)10-5-12(16)13(17)6-11(10)15/h2-6H,1H3. The molecule has 0 fully saturated rings. The number of hydrogen-bond donors (Lipinski definition) is 0. The van der Waals surface area contributed by atoms with Crippen LogP contribution in [0.2, 0.25) is 20.1 Å². The van der Waals surface area contributed by atoms with E-state index in [4.69, 9.17) is 46.4 Å². The average molecular weight is 306 g/mol. The lowest BCUT2D eigenvalue weighted by Gasteiger charge is -2.10. The summed E-state index contributed by atoms with van der Waals surface area (Å²) in [5.41, 5.74) is 2.87. The highest BCUT2D eigenvalue weighted by molar-refractivity contribution is 6.44. The van der Waals surface area contributed by atoms with Gasteiger partial charge in [-0.2, -0.15) is 0 Å². The van der Waals surface area contributed by atoms with Crippen LogP contribution in [0.3, 0.4) is 0 Å². The number of aryl methyl sites for hydroxylation is 1. The van der Waals surface area contributed by atoms with E-state index in [0.717, 1.165) is 16.7 Å². The first-order valence-electron chi connectivity index (χ1n) is 4.90. The van der Waals surface area contributed by atoms with E-state index in [1.807, 2.05) is 25.1 Å². The molecule has 0 radical (unpaired) electrons. The van der Waals surface area contributed by atoms with Gasteiger partial charge in [-0.3, -0.25) is 0 Å². The molecule has 17 heavy (non-hydrogen) atoms. The minimum absolute atomic E-state index is 0.445. The lowest BCUT2D eigenvalue weighted by atomic mass is 10.0. The zero-order valence-corrected chi connectivity index (χ0v) is 11.9. The number of hydrogen-bond acceptors (Lipinski definition) is 0. The van der Waals surface area contributed by atoms with Crippen molar-refractivity contribution < 1.29 is 0 Å². The molecule has 0 N–H and O–H groups in total. The lowest BCUT2D eigenvalue weighted by molar-refractivity contribution is 1.46. The van der Waals surface area contributed by atoms with Gasteiger partial charge >= 0.3 is 0 Å². The van der Waals surface area contributed by atoms with Crippen molar-refractivity contribution in [3.05, 3.63) is 56.0 Å². The van der Waals surface area contributed by atoms with Gasteiger partial charge in [0.1, 0.15) is 0 Å². The van der Waals surface area contributed by atoms with Gasteiger partial charge in [-0.1, -0.05) is 52.5 Å². The SMILES string of the molecule is Cc1ccc(Cl)cc1-c1cc(Cl)c(Cl)cc1Cl. The highest BCUT2D eigenvalue weighted by Gasteiger charge is 2.10. The molecule has 0 aliphatic carbocycles. The van der Waals surface area contributed by atoms with Crippen molar-refractivity contribution in [3.8, 4) is 11.1 Å². The van der Waals surface area contributed by atoms with E-state index in [-0.39, 0.29) is 0 Å². The molecule has 0 atom stereocenters. The fourth-order valence-electron chi connectivity index (χ4n) is 1.61. The van der Waals surface area contributed by atoms with Crippen molar-refractivity contribution in [2.75, 3.05) is 0 Å². The predicted molar refractivity (Wildman–Crippen MR) is 76.7 cm³/mol. The Bertz CT molecular complexity index is 576. The second-order valence-electron chi connectivity index (χ2n) is 3.71. The van der Waals surface area contributed by atoms with Crippen molar-refractivity contribution in [3.63, 3.8) is 0 Å². The predicted octanol–water partition coefficient (Wildman–Crippen LogP) is 6.28. The highest BCUT2D eigenvalue weighted by Crippen LogP contribution is 2.37. The topological polar surface area (TPSA) is 0 Å². The molecule has 0 aliphatic rings. The highest BCUT2D eigenvalue weighted by atomic mass is 35.5. The van der Waals surface area contributed by atoms with E-state index >= 15 is 0 Å². The van der Waals surface area contributed by atoms with E-state index in [9.17, 15) is 0 Å². The molecular formula is C13H8Cl4. The summed E-state index contributed by atoms with van der Waals surface area (Å²) >= 11 is 24.1. The van der Waals surface area contributed by atoms with Crippen LogP contribution < -0.4 is 0 Å². The molecule has 88 valence electrons. The Morgan fingerprint density at radius 3 is 2.06 bits per heavy atom. The maximum Gasteiger partial charge on any atom is 0.0607 e. The third kappa shape index (κ3) is 2.71. The zero-order valence-electron chi connectivity index (χ0n) is 8.90. The van der Waals surface area contributed by atoms with Crippen LogP contribution in [0.5, 0.6) is 0 Å². The second kappa shape index (κ2) is 5.07. The van der Waals surface area contributed by atoms with E-state index in [1.54, 1.807) is 12.1 Å². The van der Waals surface area contributed by atoms with Gasteiger partial charge in [0.05, 0.1) is 10.0 Å². The zero-order chi connectivity index (χ0) is 12.6. The summed E-state index contributed by atoms with van der Waals surface area (Å²) in [5, 5.41) is 2.14. The van der Waals surface area contributed by atoms with Crippen molar-refractivity contribution in [1.82, 2.24) is 0 Å². The molecule has 0 nitrogen and oxygen atoms in total. The largest absolute Gasteiger partial charge is 0.0843 e. The first-order valence-corrected chi connectivity index (χ1v) is 6.41. The maximum atomic E-state index is 6.17. The molecule has 0 heterocycles. The Balaban J connectivity index is 2.68. The van der Waals surface area contributed by atoms with E-state index < -0.39 is 0 Å². The molecule has 0 spiro atoms. The van der Waals surface area contributed by atoms with Crippen LogP contribution >= 0.6 is 46.4 Å². The van der Waals surface area contributed by atoms with Crippen LogP contribution in [0.1, 0.15) is 5.56 Å². The van der Waals surface area contributed by atoms with Gasteiger partial charge in [0.25, 0.3) is 0 Å². The fraction of sp³-hybridized carbons (Fsp3) is 0.0769. The van der Waals surface area contributed by atoms with Gasteiger partial charge in [-0.05, 0) is 42.3 Å². The summed E-state index contributed by atoms with van der Waals surface area (Å²) in [6, 6.07) is 9.04. The van der Waals surface area contributed by atoms with Crippen LogP contribution in [0.15, 0.2) is 30.3 Å². The van der Waals surface area contributed by atoms with Crippen LogP contribution in [-0.4, -0.2) is 0 Å². The van der Waals surface area contributed by atoms with Gasteiger partial charge in [0, 0.05) is 15.6 Å². The lowest BCUT2D eigenvalue weighted by Crippen LogP contribution is -1.85. The quantitative estimate of drug-likeness (QED) is 0.544. The summed E-state index contributed by atoms with van der Waals surface area (Å²) in [5.74, 6) is 0. The summed E-state index contributed by atoms with van der Waals surface area (Å²) in [7, 11) is 0. The van der Waals surface area contributed by atoms with Crippen LogP contribution in [0.25, 0.3) is 11.1 Å². The Kier molecular flexibility index (Phi) is 3.89. The summed E-state index contributed by atoms with van der Waals surface area (Å²) < 4.78 is 0. The maximum absolute atomic E-state index is 6.17. The van der Waals surface area contributed by atoms with Crippen LogP contribution in [0, 0.1) is 6.92 Å². The molecule has 0 aliphatic heterocycles. The Hall–Kier alpha value is -0.400. The van der Waals surface area contributed by atoms with Gasteiger partial charge in [-0.25, -0.2) is 0 Å². The first kappa shape index (κ1) is 13.0. The molecule has 0 saturated heterocycles.